The first-order valence-electron chi connectivity index (χ1n) is 25.3. The molecule has 2 atom stereocenters. The summed E-state index contributed by atoms with van der Waals surface area (Å²) >= 11 is 0. The van der Waals surface area contributed by atoms with Crippen molar-refractivity contribution in [1.82, 2.24) is 0 Å². The van der Waals surface area contributed by atoms with Crippen LogP contribution in [0.3, 0.4) is 0 Å². The molecule has 0 aliphatic carbocycles. The predicted molar refractivity (Wildman–Crippen MR) is 270 cm³/mol. The molecule has 1 N–H and O–H groups in total. The van der Waals surface area contributed by atoms with Crippen LogP contribution in [-0.4, -0.2) is 75.6 Å². The average Bonchev–Trinajstić information content (AvgIpc) is 3.24. The number of phosphoric ester groups is 1. The predicted octanol–water partition coefficient (Wildman–Crippen LogP) is 15.6. The lowest BCUT2D eigenvalue weighted by Gasteiger charge is -2.24. The van der Waals surface area contributed by atoms with E-state index >= 15 is 0 Å². The van der Waals surface area contributed by atoms with Crippen molar-refractivity contribution in [2.45, 2.75) is 200 Å². The Labute approximate surface area is 388 Å². The van der Waals surface area contributed by atoms with Crippen LogP contribution in [0, 0.1) is 0 Å². The van der Waals surface area contributed by atoms with Crippen LogP contribution in [0.2, 0.25) is 0 Å². The number of allylic oxidation sites excluding steroid dienone is 14. The molecule has 63 heavy (non-hydrogen) atoms. The van der Waals surface area contributed by atoms with Gasteiger partial charge in [-0.2, -0.15) is 0 Å². The zero-order chi connectivity index (χ0) is 46.2. The fourth-order valence-corrected chi connectivity index (χ4v) is 7.29. The second-order valence-corrected chi connectivity index (χ2v) is 19.3. The lowest BCUT2D eigenvalue weighted by Crippen LogP contribution is -2.37. The van der Waals surface area contributed by atoms with Crippen LogP contribution in [0.4, 0.5) is 0 Å². The lowest BCUT2D eigenvalue weighted by atomic mass is 10.1. The van der Waals surface area contributed by atoms with Crippen molar-refractivity contribution < 1.29 is 37.3 Å². The summed E-state index contributed by atoms with van der Waals surface area (Å²) in [5.74, 6) is -0.332. The number of quaternary nitrogens is 1. The molecule has 0 amide bonds. The quantitative estimate of drug-likeness (QED) is 0.0214. The van der Waals surface area contributed by atoms with Crippen molar-refractivity contribution in [3.63, 3.8) is 0 Å². The molecule has 2 unspecified atom stereocenters. The van der Waals surface area contributed by atoms with Gasteiger partial charge in [0, 0.05) is 13.0 Å². The number of rotatable bonds is 46. The van der Waals surface area contributed by atoms with Crippen LogP contribution in [0.5, 0.6) is 0 Å². The Bertz CT molecular complexity index is 1280. The summed E-state index contributed by atoms with van der Waals surface area (Å²) in [4.78, 5) is 23.0. The summed E-state index contributed by atoms with van der Waals surface area (Å²) in [6.07, 6.45) is 62.0. The molecule has 0 aliphatic heterocycles. The van der Waals surface area contributed by atoms with Crippen LogP contribution in [0.25, 0.3) is 0 Å². The number of carbonyl (C=O) groups is 1. The standard InChI is InChI=1S/C54H96NO7P/c1-6-8-10-12-14-16-18-20-22-23-24-25-26-27-28-29-30-31-32-34-36-38-40-42-44-46-49-59-51-53(52-61-63(57,58)60-50-48-55(3,4)5)62-54(56)47-45-43-41-39-37-35-33-21-19-17-15-13-11-9-7-2/h8,10,14-17,20-22,24-25,27-28,33,53H,6-7,9,11-13,18-19,23,26,29-32,34-52H2,1-5H3/p+1/b10-8-,16-14-,17-15-,22-20-,25-24-,28-27-,33-21-. The van der Waals surface area contributed by atoms with Gasteiger partial charge in [0.1, 0.15) is 19.3 Å². The first kappa shape index (κ1) is 60.7. The molecule has 9 heteroatoms. The van der Waals surface area contributed by atoms with Gasteiger partial charge in [-0.3, -0.25) is 13.8 Å². The second-order valence-electron chi connectivity index (χ2n) is 17.8. The smallest absolute Gasteiger partial charge is 0.457 e. The minimum atomic E-state index is -4.29. The Morgan fingerprint density at radius 1 is 0.508 bits per heavy atom. The second kappa shape index (κ2) is 46.2. The highest BCUT2D eigenvalue weighted by Gasteiger charge is 2.26. The number of nitrogens with zero attached hydrogens (tertiary/aromatic N) is 1. The van der Waals surface area contributed by atoms with Crippen LogP contribution in [0.15, 0.2) is 85.1 Å². The first-order chi connectivity index (χ1) is 30.6. The monoisotopic (exact) mass is 903 g/mol. The van der Waals surface area contributed by atoms with E-state index in [1.165, 1.54) is 83.5 Å². The summed E-state index contributed by atoms with van der Waals surface area (Å²) in [7, 11) is 1.64. The molecule has 0 rings (SSSR count). The fourth-order valence-electron chi connectivity index (χ4n) is 6.55. The molecular formula is C54H97NO7P+. The SMILES string of the molecule is CC/C=C\C/C=C\C/C=C\C/C=C\C/C=C\CCCCCCCCCCCCOCC(COP(=O)(O)OCC[N+](C)(C)C)OC(=O)CCCCCCC/C=C\C/C=C\CCCCC. The van der Waals surface area contributed by atoms with Crippen LogP contribution < -0.4 is 0 Å². The van der Waals surface area contributed by atoms with Gasteiger partial charge in [0.2, 0.25) is 0 Å². The topological polar surface area (TPSA) is 91.3 Å². The molecule has 364 valence electrons. The van der Waals surface area contributed by atoms with E-state index in [-0.39, 0.29) is 25.8 Å². The summed E-state index contributed by atoms with van der Waals surface area (Å²) in [5.41, 5.74) is 0. The van der Waals surface area contributed by atoms with E-state index < -0.39 is 13.9 Å². The van der Waals surface area contributed by atoms with Gasteiger partial charge < -0.3 is 18.9 Å². The third-order valence-electron chi connectivity index (χ3n) is 10.4. The van der Waals surface area contributed by atoms with E-state index in [9.17, 15) is 14.3 Å². The van der Waals surface area contributed by atoms with E-state index in [1.807, 2.05) is 21.1 Å². The largest absolute Gasteiger partial charge is 0.472 e. The molecule has 0 fully saturated rings. The first-order valence-corrected chi connectivity index (χ1v) is 26.8. The maximum atomic E-state index is 12.7. The molecule has 0 aromatic carbocycles. The van der Waals surface area contributed by atoms with Gasteiger partial charge in [-0.25, -0.2) is 4.57 Å². The number of ether oxygens (including phenoxy) is 2. The van der Waals surface area contributed by atoms with Gasteiger partial charge in [0.05, 0.1) is 34.4 Å². The molecule has 0 saturated heterocycles. The Balaban J connectivity index is 4.15. The molecule has 0 bridgehead atoms. The Kier molecular flexibility index (Phi) is 44.5. The van der Waals surface area contributed by atoms with Crippen LogP contribution in [0.1, 0.15) is 194 Å². The normalized spacial score (nSPS) is 14.3. The summed E-state index contributed by atoms with van der Waals surface area (Å²) < 4.78 is 35.1. The molecule has 0 saturated carbocycles. The van der Waals surface area contributed by atoms with Crippen molar-refractivity contribution in [3.05, 3.63) is 85.1 Å². The minimum absolute atomic E-state index is 0.0808. The van der Waals surface area contributed by atoms with Crippen molar-refractivity contribution >= 4 is 13.8 Å². The Morgan fingerprint density at radius 2 is 0.921 bits per heavy atom. The minimum Gasteiger partial charge on any atom is -0.457 e. The van der Waals surface area contributed by atoms with Gasteiger partial charge in [-0.05, 0) is 89.9 Å². The summed E-state index contributed by atoms with van der Waals surface area (Å²) in [5, 5.41) is 0. The van der Waals surface area contributed by atoms with Gasteiger partial charge in [-0.15, -0.1) is 0 Å². The highest BCUT2D eigenvalue weighted by atomic mass is 31.2. The fraction of sp³-hybridized carbons (Fsp3) is 0.722. The average molecular weight is 903 g/mol. The molecule has 0 spiro atoms. The van der Waals surface area contributed by atoms with Gasteiger partial charge in [0.15, 0.2) is 0 Å². The highest BCUT2D eigenvalue weighted by molar-refractivity contribution is 7.47. The Morgan fingerprint density at radius 3 is 1.38 bits per heavy atom. The molecule has 0 radical (unpaired) electrons. The number of esters is 1. The number of unbranched alkanes of at least 4 members (excludes halogenated alkanes) is 18. The maximum Gasteiger partial charge on any atom is 0.472 e. The molecule has 8 nitrogen and oxygen atoms in total. The third kappa shape index (κ3) is 50.5. The molecular weight excluding hydrogens is 806 g/mol. The van der Waals surface area contributed by atoms with E-state index in [0.29, 0.717) is 24.1 Å². The summed E-state index contributed by atoms with van der Waals surface area (Å²) in [6, 6.07) is 0. The molecule has 0 heterocycles. The Hall–Kier alpha value is -2.32. The number of likely N-dealkylation sites (N-methyl/N-ethyl adjacent to an activating group) is 1. The van der Waals surface area contributed by atoms with Crippen LogP contribution >= 0.6 is 7.82 Å². The zero-order valence-electron chi connectivity index (χ0n) is 41.3. The van der Waals surface area contributed by atoms with Gasteiger partial charge in [-0.1, -0.05) is 182 Å². The van der Waals surface area contributed by atoms with Crippen molar-refractivity contribution in [3.8, 4) is 0 Å². The molecule has 0 aromatic heterocycles. The number of hydrogen-bond donors (Lipinski definition) is 1. The third-order valence-corrected chi connectivity index (χ3v) is 11.4. The van der Waals surface area contributed by atoms with E-state index in [2.05, 4.69) is 98.9 Å². The molecule has 0 aliphatic rings. The lowest BCUT2D eigenvalue weighted by molar-refractivity contribution is -0.870. The van der Waals surface area contributed by atoms with Crippen molar-refractivity contribution in [1.29, 1.82) is 0 Å². The summed E-state index contributed by atoms with van der Waals surface area (Å²) in [6.45, 7) is 5.44. The zero-order valence-corrected chi connectivity index (χ0v) is 42.2. The number of carbonyl (C=O) groups excluding carboxylic acids is 1. The number of phosphoric acid groups is 1. The van der Waals surface area contributed by atoms with Crippen molar-refractivity contribution in [2.24, 2.45) is 0 Å². The van der Waals surface area contributed by atoms with E-state index in [4.69, 9.17) is 18.5 Å². The van der Waals surface area contributed by atoms with Crippen LogP contribution in [-0.2, 0) is 27.9 Å². The number of hydrogen-bond acceptors (Lipinski definition) is 6. The highest BCUT2D eigenvalue weighted by Crippen LogP contribution is 2.43. The van der Waals surface area contributed by atoms with Gasteiger partial charge >= 0.3 is 13.8 Å². The van der Waals surface area contributed by atoms with E-state index in [1.54, 1.807) is 0 Å². The van der Waals surface area contributed by atoms with Crippen molar-refractivity contribution in [2.75, 3.05) is 54.1 Å². The maximum absolute atomic E-state index is 12.7. The molecule has 0 aromatic rings. The van der Waals surface area contributed by atoms with Gasteiger partial charge in [0.25, 0.3) is 0 Å². The van der Waals surface area contributed by atoms with E-state index in [0.717, 1.165) is 89.9 Å².